The summed E-state index contributed by atoms with van der Waals surface area (Å²) < 4.78 is 35.4. The fraction of sp³-hybridized carbons (Fsp3) is 0.360. The number of hydrogen-bond acceptors (Lipinski definition) is 5. The number of carboxylic acid groups (broad SMARTS) is 1. The van der Waals surface area contributed by atoms with Gasteiger partial charge in [0.15, 0.2) is 0 Å². The van der Waals surface area contributed by atoms with E-state index in [1.807, 2.05) is 19.9 Å². The maximum Gasteiger partial charge on any atom is 0.328 e. The van der Waals surface area contributed by atoms with Crippen molar-refractivity contribution in [2.24, 2.45) is 0 Å². The lowest BCUT2D eigenvalue weighted by atomic mass is 10.1. The molecule has 1 amide bonds. The number of carboxylic acids is 1. The molecule has 1 aliphatic heterocycles. The normalized spacial score (nSPS) is 15.0. The summed E-state index contributed by atoms with van der Waals surface area (Å²) in [5, 5.41) is 9.94. The van der Waals surface area contributed by atoms with Crippen molar-refractivity contribution in [2.75, 3.05) is 13.1 Å². The van der Waals surface area contributed by atoms with Crippen molar-refractivity contribution in [3.63, 3.8) is 0 Å². The van der Waals surface area contributed by atoms with Gasteiger partial charge in [-0.1, -0.05) is 18.2 Å². The minimum absolute atomic E-state index is 0.00300. The zero-order chi connectivity index (χ0) is 25.2. The zero-order valence-electron chi connectivity index (χ0n) is 19.7. The van der Waals surface area contributed by atoms with Crippen molar-refractivity contribution in [2.45, 2.75) is 50.2 Å². The average molecular weight is 500 g/mol. The van der Waals surface area contributed by atoms with Crippen LogP contribution in [0.5, 0.6) is 5.75 Å². The minimum Gasteiger partial charge on any atom is -0.491 e. The van der Waals surface area contributed by atoms with Gasteiger partial charge in [-0.25, -0.2) is 17.9 Å². The second-order valence-corrected chi connectivity index (χ2v) is 10.6. The van der Waals surface area contributed by atoms with Crippen molar-refractivity contribution in [1.82, 2.24) is 14.2 Å². The molecule has 0 spiro atoms. The van der Waals surface area contributed by atoms with Gasteiger partial charge in [0.2, 0.25) is 10.0 Å². The summed E-state index contributed by atoms with van der Waals surface area (Å²) in [6, 6.07) is 13.0. The molecule has 0 saturated carbocycles. The van der Waals surface area contributed by atoms with Gasteiger partial charge < -0.3 is 14.7 Å². The largest absolute Gasteiger partial charge is 0.491 e. The van der Waals surface area contributed by atoms with E-state index < -0.39 is 16.0 Å². The number of carbonyl (C=O) groups excluding carboxylic acids is 1. The van der Waals surface area contributed by atoms with Gasteiger partial charge in [-0.15, -0.1) is 0 Å². The molecule has 4 rings (SSSR count). The molecule has 0 bridgehead atoms. The third kappa shape index (κ3) is 5.66. The number of benzene rings is 2. The molecular weight excluding hydrogens is 470 g/mol. The zero-order valence-corrected chi connectivity index (χ0v) is 20.5. The number of fused-ring (bicyclic) bond motifs is 1. The summed E-state index contributed by atoms with van der Waals surface area (Å²) in [7, 11) is -3.70. The Balaban J connectivity index is 1.41. The van der Waals surface area contributed by atoms with Crippen LogP contribution in [0.25, 0.3) is 10.9 Å². The Morgan fingerprint density at radius 3 is 2.37 bits per heavy atom. The Morgan fingerprint density at radius 2 is 1.74 bits per heavy atom. The Hall–Kier alpha value is -3.37. The first-order valence-electron chi connectivity index (χ1n) is 11.5. The van der Waals surface area contributed by atoms with E-state index in [0.29, 0.717) is 42.8 Å². The molecule has 186 valence electrons. The van der Waals surface area contributed by atoms with Gasteiger partial charge in [-0.3, -0.25) is 9.36 Å². The molecule has 0 unspecified atom stereocenters. The number of nitrogens with one attached hydrogen (secondary N) is 1. The standard InChI is InChI=1S/C25H29N3O6S/c1-17(2)34-20-7-9-21(10-8-20)35(32,33)26-19-11-13-27(14-12-19)25(31)28-16-18(15-24(29)30)22-5-3-4-6-23(22)28/h3-10,16-17,19,26H,11-15H2,1-2H3,(H,29,30). The van der Waals surface area contributed by atoms with Crippen LogP contribution in [0.4, 0.5) is 4.79 Å². The second-order valence-electron chi connectivity index (χ2n) is 8.92. The quantitative estimate of drug-likeness (QED) is 0.514. The highest BCUT2D eigenvalue weighted by Crippen LogP contribution is 2.24. The van der Waals surface area contributed by atoms with Crippen LogP contribution in [-0.2, 0) is 21.2 Å². The molecule has 0 atom stereocenters. The molecule has 0 radical (unpaired) electrons. The van der Waals surface area contributed by atoms with Gasteiger partial charge in [0.1, 0.15) is 5.75 Å². The summed E-state index contributed by atoms with van der Waals surface area (Å²) in [5.74, 6) is -0.356. The number of sulfonamides is 1. The molecule has 1 aromatic heterocycles. The van der Waals surface area contributed by atoms with E-state index in [4.69, 9.17) is 4.74 Å². The summed E-state index contributed by atoms with van der Waals surface area (Å²) in [6.07, 6.45) is 2.36. The molecule has 2 heterocycles. The second kappa shape index (κ2) is 10.1. The molecule has 0 aliphatic carbocycles. The number of rotatable bonds is 7. The van der Waals surface area contributed by atoms with Crippen molar-refractivity contribution in [1.29, 1.82) is 0 Å². The van der Waals surface area contributed by atoms with Gasteiger partial charge in [0, 0.05) is 30.7 Å². The van der Waals surface area contributed by atoms with Crippen molar-refractivity contribution in [3.8, 4) is 5.75 Å². The van der Waals surface area contributed by atoms with E-state index in [1.165, 1.54) is 16.7 Å². The summed E-state index contributed by atoms with van der Waals surface area (Å²) in [5.41, 5.74) is 1.23. The van der Waals surface area contributed by atoms with Crippen molar-refractivity contribution >= 4 is 32.9 Å². The summed E-state index contributed by atoms with van der Waals surface area (Å²) in [6.45, 7) is 4.57. The maximum absolute atomic E-state index is 13.2. The smallest absolute Gasteiger partial charge is 0.328 e. The van der Waals surface area contributed by atoms with E-state index in [1.54, 1.807) is 41.4 Å². The fourth-order valence-electron chi connectivity index (χ4n) is 4.31. The minimum atomic E-state index is -3.70. The molecule has 9 nitrogen and oxygen atoms in total. The first-order chi connectivity index (χ1) is 16.6. The number of nitrogens with zero attached hydrogens (tertiary/aromatic N) is 2. The van der Waals surface area contributed by atoms with Gasteiger partial charge in [-0.05, 0) is 62.6 Å². The first-order valence-corrected chi connectivity index (χ1v) is 13.0. The molecule has 3 aromatic rings. The number of aliphatic carboxylic acids is 1. The van der Waals surface area contributed by atoms with Crippen LogP contribution in [-0.4, -0.2) is 60.2 Å². The van der Waals surface area contributed by atoms with E-state index in [0.717, 1.165) is 5.39 Å². The number of aromatic nitrogens is 1. The van der Waals surface area contributed by atoms with E-state index in [2.05, 4.69) is 4.72 Å². The van der Waals surface area contributed by atoms with Gasteiger partial charge in [0.05, 0.1) is 22.9 Å². The molecule has 1 fully saturated rings. The van der Waals surface area contributed by atoms with Crippen molar-refractivity contribution < 1.29 is 27.9 Å². The third-order valence-electron chi connectivity index (χ3n) is 5.94. The number of carbonyl (C=O) groups is 2. The Bertz CT molecular complexity index is 1320. The van der Waals surface area contributed by atoms with E-state index in [9.17, 15) is 23.1 Å². The van der Waals surface area contributed by atoms with Gasteiger partial charge >= 0.3 is 12.0 Å². The predicted octanol–water partition coefficient (Wildman–Crippen LogP) is 3.47. The molecule has 2 N–H and O–H groups in total. The number of likely N-dealkylation sites (tertiary alicyclic amines) is 1. The molecule has 2 aromatic carbocycles. The third-order valence-corrected chi connectivity index (χ3v) is 7.47. The highest BCUT2D eigenvalue weighted by molar-refractivity contribution is 7.89. The lowest BCUT2D eigenvalue weighted by Gasteiger charge is -2.32. The summed E-state index contributed by atoms with van der Waals surface area (Å²) in [4.78, 5) is 26.3. The Labute approximate surface area is 204 Å². The van der Waals surface area contributed by atoms with Gasteiger partial charge in [-0.2, -0.15) is 0 Å². The molecule has 1 saturated heterocycles. The lowest BCUT2D eigenvalue weighted by molar-refractivity contribution is -0.136. The van der Waals surface area contributed by atoms with Crippen molar-refractivity contribution in [3.05, 3.63) is 60.3 Å². The highest BCUT2D eigenvalue weighted by Gasteiger charge is 2.28. The van der Waals surface area contributed by atoms with Crippen LogP contribution in [0.3, 0.4) is 0 Å². The Kier molecular flexibility index (Phi) is 7.13. The van der Waals surface area contributed by atoms with Crippen LogP contribution >= 0.6 is 0 Å². The lowest BCUT2D eigenvalue weighted by Crippen LogP contribution is -2.47. The molecule has 1 aliphatic rings. The first kappa shape index (κ1) is 24.7. The summed E-state index contributed by atoms with van der Waals surface area (Å²) >= 11 is 0. The number of piperidine rings is 1. The van der Waals surface area contributed by atoms with Gasteiger partial charge in [0.25, 0.3) is 0 Å². The Morgan fingerprint density at radius 1 is 1.09 bits per heavy atom. The topological polar surface area (TPSA) is 118 Å². The van der Waals surface area contributed by atoms with Crippen LogP contribution in [0.15, 0.2) is 59.6 Å². The van der Waals surface area contributed by atoms with E-state index >= 15 is 0 Å². The number of amides is 1. The SMILES string of the molecule is CC(C)Oc1ccc(S(=O)(=O)NC2CCN(C(=O)n3cc(CC(=O)O)c4ccccc43)CC2)cc1. The van der Waals surface area contributed by atoms with E-state index in [-0.39, 0.29) is 29.5 Å². The predicted molar refractivity (Wildman–Crippen MR) is 131 cm³/mol. The average Bonchev–Trinajstić information content (AvgIpc) is 3.17. The molecule has 35 heavy (non-hydrogen) atoms. The molecule has 10 heteroatoms. The van der Waals surface area contributed by atoms with Crippen LogP contribution in [0.1, 0.15) is 32.3 Å². The number of ether oxygens (including phenoxy) is 1. The van der Waals surface area contributed by atoms with Crippen LogP contribution in [0, 0.1) is 0 Å². The fourth-order valence-corrected chi connectivity index (χ4v) is 5.62. The monoisotopic (exact) mass is 499 g/mol. The maximum atomic E-state index is 13.2. The highest BCUT2D eigenvalue weighted by atomic mass is 32.2. The number of para-hydroxylation sites is 1. The number of hydrogen-bond donors (Lipinski definition) is 2. The van der Waals surface area contributed by atoms with Crippen LogP contribution in [0.2, 0.25) is 0 Å². The molecular formula is C25H29N3O6S. The van der Waals surface area contributed by atoms with Crippen LogP contribution < -0.4 is 9.46 Å².